The second kappa shape index (κ2) is 14.2. The van der Waals surface area contributed by atoms with Crippen LogP contribution in [0.4, 0.5) is 28.4 Å². The van der Waals surface area contributed by atoms with Gasteiger partial charge in [0.1, 0.15) is 11.5 Å². The number of carbonyl (C=O) groups is 3. The van der Waals surface area contributed by atoms with Gasteiger partial charge in [-0.25, -0.2) is 0 Å². The summed E-state index contributed by atoms with van der Waals surface area (Å²) in [6.07, 6.45) is 3.84. The third kappa shape index (κ3) is 5.94. The van der Waals surface area contributed by atoms with Gasteiger partial charge >= 0.3 is 0 Å². The molecule has 2 N–H and O–H groups in total. The normalized spacial score (nSPS) is 17.5. The third-order valence-electron chi connectivity index (χ3n) is 10.7. The van der Waals surface area contributed by atoms with Crippen molar-refractivity contribution in [2.24, 2.45) is 5.92 Å². The first-order valence-electron chi connectivity index (χ1n) is 18.7. The number of benzene rings is 6. The van der Waals surface area contributed by atoms with Crippen molar-refractivity contribution in [2.45, 2.75) is 25.5 Å². The van der Waals surface area contributed by atoms with Crippen molar-refractivity contribution in [1.82, 2.24) is 0 Å². The molecule has 0 unspecified atom stereocenters. The first-order valence-corrected chi connectivity index (χ1v) is 18.7. The van der Waals surface area contributed by atoms with Crippen LogP contribution in [0.15, 0.2) is 152 Å². The molecule has 0 saturated carbocycles. The van der Waals surface area contributed by atoms with Gasteiger partial charge in [0, 0.05) is 29.5 Å². The van der Waals surface area contributed by atoms with E-state index < -0.39 is 17.4 Å². The van der Waals surface area contributed by atoms with E-state index in [-0.39, 0.29) is 25.0 Å². The summed E-state index contributed by atoms with van der Waals surface area (Å²) in [4.78, 5) is 47.6. The average molecular weight is 756 g/mol. The molecular weight excluding hydrogens is 719 g/mol. The van der Waals surface area contributed by atoms with Crippen LogP contribution in [-0.2, 0) is 16.9 Å². The maximum absolute atomic E-state index is 14.6. The molecule has 57 heavy (non-hydrogen) atoms. The molecule has 10 heteroatoms. The summed E-state index contributed by atoms with van der Waals surface area (Å²) in [6, 6.07) is 41.4. The van der Waals surface area contributed by atoms with Crippen LogP contribution >= 0.6 is 0 Å². The lowest BCUT2D eigenvalue weighted by Gasteiger charge is -2.28. The van der Waals surface area contributed by atoms with E-state index in [9.17, 15) is 24.6 Å². The molecule has 3 heterocycles. The van der Waals surface area contributed by atoms with E-state index in [4.69, 9.17) is 9.47 Å². The van der Waals surface area contributed by atoms with Crippen molar-refractivity contribution in [1.29, 1.82) is 0 Å². The lowest BCUT2D eigenvalue weighted by Crippen LogP contribution is -2.44. The van der Waals surface area contributed by atoms with Gasteiger partial charge in [-0.05, 0) is 90.8 Å². The number of carbonyl (C=O) groups excluding carboxylic acids is 3. The highest BCUT2D eigenvalue weighted by Crippen LogP contribution is 2.50. The summed E-state index contributed by atoms with van der Waals surface area (Å²) in [5.74, 6) is 0.132. The van der Waals surface area contributed by atoms with Gasteiger partial charge in [0.15, 0.2) is 17.1 Å². The summed E-state index contributed by atoms with van der Waals surface area (Å²) in [6.45, 7) is 1.80. The number of anilines is 5. The standard InChI is InChI=1S/C47H37N3O7/c1-30(12-10-11-27-51)47(55)36-28-33(50-39-16-5-9-20-43(39)57-41-18-7-3-14-35(41)45(50)53)25-26-37(36)48(46(47)54)29-31-21-23-32(24-22-31)49-38-15-4-8-19-42(38)56-40-17-6-2-13-34(40)44(49)52/h2-10,12-26,28,30,51,55H,11,27,29H2,1H3/b12-10+/t30-,47+/m1/s1. The Kier molecular flexibility index (Phi) is 8.92. The Morgan fingerprint density at radius 1 is 0.632 bits per heavy atom. The lowest BCUT2D eigenvalue weighted by molar-refractivity contribution is -0.139. The van der Waals surface area contributed by atoms with Crippen molar-refractivity contribution >= 4 is 46.2 Å². The SMILES string of the molecule is C[C@H](/C=C/CCO)[C@@]1(O)C(=O)N(Cc2ccc(N3C(=O)c4ccccc4Oc4ccccc43)cc2)c2ccc(N3C(=O)c4ccccc4Oc4ccccc43)cc21. The highest BCUT2D eigenvalue weighted by molar-refractivity contribution is 6.16. The molecule has 6 aromatic carbocycles. The van der Waals surface area contributed by atoms with Crippen LogP contribution in [0.1, 0.15) is 45.2 Å². The largest absolute Gasteiger partial charge is 0.454 e. The first-order chi connectivity index (χ1) is 27.8. The molecule has 3 aliphatic rings. The quantitative estimate of drug-likeness (QED) is 0.149. The Balaban J connectivity index is 1.09. The number of hydrogen-bond acceptors (Lipinski definition) is 7. The van der Waals surface area contributed by atoms with Crippen molar-refractivity contribution in [3.63, 3.8) is 0 Å². The van der Waals surface area contributed by atoms with Crippen LogP contribution in [0.2, 0.25) is 0 Å². The first kappa shape index (κ1) is 35.7. The molecule has 3 amide bonds. The van der Waals surface area contributed by atoms with E-state index in [1.165, 1.54) is 0 Å². The number of aliphatic hydroxyl groups excluding tert-OH is 1. The summed E-state index contributed by atoms with van der Waals surface area (Å²) >= 11 is 0. The topological polar surface area (TPSA) is 120 Å². The highest BCUT2D eigenvalue weighted by atomic mass is 16.5. The van der Waals surface area contributed by atoms with Crippen molar-refractivity contribution < 1.29 is 34.1 Å². The van der Waals surface area contributed by atoms with Crippen LogP contribution in [-0.4, -0.2) is 34.5 Å². The van der Waals surface area contributed by atoms with E-state index in [0.29, 0.717) is 74.5 Å². The minimum Gasteiger partial charge on any atom is -0.454 e. The number of para-hydroxylation sites is 6. The van der Waals surface area contributed by atoms with Crippen LogP contribution in [0.5, 0.6) is 23.0 Å². The molecule has 0 radical (unpaired) electrons. The minimum absolute atomic E-state index is 0.0768. The zero-order valence-corrected chi connectivity index (χ0v) is 30.9. The van der Waals surface area contributed by atoms with Crippen LogP contribution in [0.25, 0.3) is 0 Å². The van der Waals surface area contributed by atoms with E-state index >= 15 is 0 Å². The Morgan fingerprint density at radius 2 is 1.14 bits per heavy atom. The molecule has 10 nitrogen and oxygen atoms in total. The van der Waals surface area contributed by atoms with Gasteiger partial charge in [-0.3, -0.25) is 24.2 Å². The monoisotopic (exact) mass is 755 g/mol. The molecule has 6 aromatic rings. The zero-order valence-electron chi connectivity index (χ0n) is 30.9. The number of ether oxygens (including phenoxy) is 2. The fraction of sp³-hybridized carbons (Fsp3) is 0.128. The van der Waals surface area contributed by atoms with Gasteiger partial charge < -0.3 is 24.6 Å². The van der Waals surface area contributed by atoms with E-state index in [2.05, 4.69) is 0 Å². The molecule has 2 atom stereocenters. The predicted molar refractivity (Wildman–Crippen MR) is 217 cm³/mol. The van der Waals surface area contributed by atoms with Crippen molar-refractivity contribution in [3.8, 4) is 23.0 Å². The summed E-state index contributed by atoms with van der Waals surface area (Å²) in [5, 5.41) is 22.0. The summed E-state index contributed by atoms with van der Waals surface area (Å²) < 4.78 is 12.4. The molecule has 0 aromatic heterocycles. The van der Waals surface area contributed by atoms with Gasteiger partial charge in [0.25, 0.3) is 17.7 Å². The number of amides is 3. The van der Waals surface area contributed by atoms with Crippen LogP contribution in [0, 0.1) is 5.92 Å². The summed E-state index contributed by atoms with van der Waals surface area (Å²) in [5.41, 5.74) is 2.56. The maximum atomic E-state index is 14.6. The molecule has 0 saturated heterocycles. The third-order valence-corrected chi connectivity index (χ3v) is 10.7. The van der Waals surface area contributed by atoms with Gasteiger partial charge in [-0.2, -0.15) is 0 Å². The predicted octanol–water partition coefficient (Wildman–Crippen LogP) is 9.16. The molecule has 0 spiro atoms. The molecule has 9 rings (SSSR count). The fourth-order valence-corrected chi connectivity index (χ4v) is 7.81. The Morgan fingerprint density at radius 3 is 1.72 bits per heavy atom. The van der Waals surface area contributed by atoms with Gasteiger partial charge in [-0.1, -0.05) is 79.7 Å². The maximum Gasteiger partial charge on any atom is 0.266 e. The lowest BCUT2D eigenvalue weighted by atomic mass is 9.82. The Bertz CT molecular complexity index is 2600. The highest BCUT2D eigenvalue weighted by Gasteiger charge is 2.53. The zero-order chi connectivity index (χ0) is 39.3. The Labute approximate surface area is 329 Å². The van der Waals surface area contributed by atoms with E-state index in [0.717, 1.165) is 5.56 Å². The van der Waals surface area contributed by atoms with E-state index in [1.54, 1.807) is 107 Å². The van der Waals surface area contributed by atoms with Crippen LogP contribution < -0.4 is 24.2 Å². The molecule has 0 fully saturated rings. The number of rotatable bonds is 8. The van der Waals surface area contributed by atoms with Crippen molar-refractivity contribution in [2.75, 3.05) is 21.3 Å². The minimum atomic E-state index is -2.00. The Hall–Kier alpha value is -7.01. The second-order valence-electron chi connectivity index (χ2n) is 14.2. The summed E-state index contributed by atoms with van der Waals surface area (Å²) in [7, 11) is 0. The number of nitrogens with zero attached hydrogens (tertiary/aromatic N) is 3. The molecule has 0 bridgehead atoms. The fourth-order valence-electron chi connectivity index (χ4n) is 7.81. The van der Waals surface area contributed by atoms with E-state index in [1.807, 2.05) is 66.7 Å². The van der Waals surface area contributed by atoms with Crippen LogP contribution in [0.3, 0.4) is 0 Å². The molecular formula is C47H37N3O7. The average Bonchev–Trinajstić information content (AvgIpc) is 3.32. The molecule has 282 valence electrons. The molecule has 0 aliphatic carbocycles. The number of hydrogen-bond donors (Lipinski definition) is 2. The van der Waals surface area contributed by atoms with Gasteiger partial charge in [-0.15, -0.1) is 0 Å². The second-order valence-corrected chi connectivity index (χ2v) is 14.2. The van der Waals surface area contributed by atoms with Crippen molar-refractivity contribution in [3.05, 3.63) is 174 Å². The van der Waals surface area contributed by atoms with Gasteiger partial charge in [0.2, 0.25) is 0 Å². The number of fused-ring (bicyclic) bond motifs is 5. The number of aliphatic hydroxyl groups is 2. The molecule has 3 aliphatic heterocycles. The van der Waals surface area contributed by atoms with Gasteiger partial charge in [0.05, 0.1) is 34.7 Å². The smallest absolute Gasteiger partial charge is 0.266 e.